The molecule has 0 fully saturated rings. The van der Waals surface area contributed by atoms with Gasteiger partial charge in [-0.15, -0.1) is 0 Å². The van der Waals surface area contributed by atoms with Gasteiger partial charge < -0.3 is 5.73 Å². The Labute approximate surface area is 109 Å². The molecule has 2 aromatic rings. The minimum Gasteiger partial charge on any atom is -0.320 e. The van der Waals surface area contributed by atoms with Crippen molar-refractivity contribution in [3.05, 3.63) is 65.0 Å². The Hall–Kier alpha value is -1.67. The Balaban J connectivity index is 2.26. The molecule has 0 amide bonds. The van der Waals surface area contributed by atoms with E-state index in [0.717, 1.165) is 16.8 Å². The van der Waals surface area contributed by atoms with E-state index in [4.69, 9.17) is 5.73 Å². The van der Waals surface area contributed by atoms with Crippen molar-refractivity contribution in [2.24, 2.45) is 5.73 Å². The Kier molecular flexibility index (Phi) is 3.78. The number of nitrogens with two attached hydrogens (primary N) is 1. The summed E-state index contributed by atoms with van der Waals surface area (Å²) in [5, 5.41) is 0. The number of hydrogen-bond donors (Lipinski definition) is 1. The second-order valence-corrected chi connectivity index (χ2v) is 5.03. The summed E-state index contributed by atoms with van der Waals surface area (Å²) < 4.78 is 0. The summed E-state index contributed by atoms with van der Waals surface area (Å²) in [6.45, 7) is 6.38. The van der Waals surface area contributed by atoms with E-state index in [9.17, 15) is 0 Å². The summed E-state index contributed by atoms with van der Waals surface area (Å²) in [4.78, 5) is 4.20. The van der Waals surface area contributed by atoms with E-state index in [1.165, 1.54) is 5.56 Å². The minimum absolute atomic E-state index is 0.0760. The third kappa shape index (κ3) is 2.77. The van der Waals surface area contributed by atoms with Crippen molar-refractivity contribution in [2.75, 3.05) is 0 Å². The first-order chi connectivity index (χ1) is 8.58. The Morgan fingerprint density at radius 1 is 0.944 bits per heavy atom. The van der Waals surface area contributed by atoms with Crippen LogP contribution >= 0.6 is 0 Å². The number of benzene rings is 1. The number of hydrogen-bond acceptors (Lipinski definition) is 2. The standard InChI is InChI=1S/C16H20N2/c1-11(2)13-4-6-14(7-5-13)16(17)15-8-9-18-12(3)10-15/h4-11,16H,17H2,1-3H3. The van der Waals surface area contributed by atoms with Crippen molar-refractivity contribution in [1.82, 2.24) is 4.98 Å². The molecular formula is C16H20N2. The van der Waals surface area contributed by atoms with Crippen LogP contribution in [0.5, 0.6) is 0 Å². The quantitative estimate of drug-likeness (QED) is 0.891. The first-order valence-electron chi connectivity index (χ1n) is 6.36. The molecule has 0 spiro atoms. The zero-order chi connectivity index (χ0) is 13.1. The van der Waals surface area contributed by atoms with Gasteiger partial charge in [0.05, 0.1) is 6.04 Å². The largest absolute Gasteiger partial charge is 0.320 e. The second kappa shape index (κ2) is 5.32. The fourth-order valence-corrected chi connectivity index (χ4v) is 2.04. The summed E-state index contributed by atoms with van der Waals surface area (Å²) in [5.41, 5.74) is 10.9. The van der Waals surface area contributed by atoms with E-state index >= 15 is 0 Å². The zero-order valence-electron chi connectivity index (χ0n) is 11.2. The molecule has 0 aliphatic carbocycles. The van der Waals surface area contributed by atoms with Crippen LogP contribution in [0.4, 0.5) is 0 Å². The van der Waals surface area contributed by atoms with Gasteiger partial charge in [-0.05, 0) is 41.7 Å². The molecule has 2 N–H and O–H groups in total. The molecule has 1 aromatic carbocycles. The second-order valence-electron chi connectivity index (χ2n) is 5.03. The fraction of sp³-hybridized carbons (Fsp3) is 0.312. The van der Waals surface area contributed by atoms with Crippen molar-refractivity contribution < 1.29 is 0 Å². The molecule has 1 aromatic heterocycles. The molecule has 0 aliphatic rings. The lowest BCUT2D eigenvalue weighted by atomic mass is 9.96. The molecule has 2 nitrogen and oxygen atoms in total. The SMILES string of the molecule is Cc1cc(C(N)c2ccc(C(C)C)cc2)ccn1. The van der Waals surface area contributed by atoms with Crippen LogP contribution in [0.2, 0.25) is 0 Å². The minimum atomic E-state index is -0.0760. The first kappa shape index (κ1) is 12.8. The van der Waals surface area contributed by atoms with Crippen molar-refractivity contribution >= 4 is 0 Å². The molecule has 2 rings (SSSR count). The van der Waals surface area contributed by atoms with Crippen LogP contribution in [0.25, 0.3) is 0 Å². The van der Waals surface area contributed by atoms with Crippen LogP contribution in [-0.4, -0.2) is 4.98 Å². The smallest absolute Gasteiger partial charge is 0.0552 e. The topological polar surface area (TPSA) is 38.9 Å². The highest BCUT2D eigenvalue weighted by molar-refractivity contribution is 5.33. The Morgan fingerprint density at radius 3 is 2.11 bits per heavy atom. The maximum absolute atomic E-state index is 6.28. The van der Waals surface area contributed by atoms with Crippen LogP contribution in [0.3, 0.4) is 0 Å². The molecule has 0 saturated heterocycles. The average Bonchev–Trinajstić information content (AvgIpc) is 2.38. The summed E-state index contributed by atoms with van der Waals surface area (Å²) >= 11 is 0. The van der Waals surface area contributed by atoms with Gasteiger partial charge in [0.15, 0.2) is 0 Å². The summed E-state index contributed by atoms with van der Waals surface area (Å²) in [6, 6.07) is 12.5. The van der Waals surface area contributed by atoms with E-state index in [0.29, 0.717) is 5.92 Å². The van der Waals surface area contributed by atoms with Crippen molar-refractivity contribution in [1.29, 1.82) is 0 Å². The van der Waals surface area contributed by atoms with Crippen molar-refractivity contribution in [2.45, 2.75) is 32.7 Å². The molecule has 1 atom stereocenters. The van der Waals surface area contributed by atoms with Crippen molar-refractivity contribution in [3.63, 3.8) is 0 Å². The van der Waals surface area contributed by atoms with Crippen LogP contribution in [-0.2, 0) is 0 Å². The van der Waals surface area contributed by atoms with Gasteiger partial charge in [0.25, 0.3) is 0 Å². The highest BCUT2D eigenvalue weighted by Gasteiger charge is 2.09. The third-order valence-electron chi connectivity index (χ3n) is 3.24. The average molecular weight is 240 g/mol. The number of nitrogens with zero attached hydrogens (tertiary/aromatic N) is 1. The zero-order valence-corrected chi connectivity index (χ0v) is 11.2. The molecule has 18 heavy (non-hydrogen) atoms. The lowest BCUT2D eigenvalue weighted by Gasteiger charge is -2.14. The van der Waals surface area contributed by atoms with Crippen LogP contribution in [0.1, 0.15) is 48.2 Å². The van der Waals surface area contributed by atoms with Gasteiger partial charge in [-0.1, -0.05) is 38.1 Å². The summed E-state index contributed by atoms with van der Waals surface area (Å²) in [5.74, 6) is 0.554. The number of pyridine rings is 1. The molecule has 1 heterocycles. The predicted molar refractivity (Wildman–Crippen MR) is 75.5 cm³/mol. The number of rotatable bonds is 3. The summed E-state index contributed by atoms with van der Waals surface area (Å²) in [7, 11) is 0. The van der Waals surface area contributed by atoms with E-state index in [-0.39, 0.29) is 6.04 Å². The first-order valence-corrected chi connectivity index (χ1v) is 6.36. The lowest BCUT2D eigenvalue weighted by Crippen LogP contribution is -2.12. The van der Waals surface area contributed by atoms with E-state index < -0.39 is 0 Å². The van der Waals surface area contributed by atoms with Gasteiger partial charge in [-0.2, -0.15) is 0 Å². The number of aromatic nitrogens is 1. The fourth-order valence-electron chi connectivity index (χ4n) is 2.04. The van der Waals surface area contributed by atoms with Gasteiger partial charge in [0.1, 0.15) is 0 Å². The molecule has 94 valence electrons. The highest BCUT2D eigenvalue weighted by atomic mass is 14.7. The van der Waals surface area contributed by atoms with Gasteiger partial charge in [-0.25, -0.2) is 0 Å². The van der Waals surface area contributed by atoms with Gasteiger partial charge in [0, 0.05) is 11.9 Å². The third-order valence-corrected chi connectivity index (χ3v) is 3.24. The Bertz CT molecular complexity index is 515. The van der Waals surface area contributed by atoms with Gasteiger partial charge in [0.2, 0.25) is 0 Å². The molecule has 0 aliphatic heterocycles. The monoisotopic (exact) mass is 240 g/mol. The van der Waals surface area contributed by atoms with Crippen LogP contribution in [0, 0.1) is 6.92 Å². The lowest BCUT2D eigenvalue weighted by molar-refractivity contribution is 0.844. The number of aryl methyl sites for hydroxylation is 1. The molecule has 2 heteroatoms. The maximum Gasteiger partial charge on any atom is 0.0552 e. The molecule has 0 bridgehead atoms. The Morgan fingerprint density at radius 2 is 1.56 bits per heavy atom. The van der Waals surface area contributed by atoms with E-state index in [1.54, 1.807) is 0 Å². The van der Waals surface area contributed by atoms with Gasteiger partial charge >= 0.3 is 0 Å². The normalized spacial score (nSPS) is 12.7. The maximum atomic E-state index is 6.28. The van der Waals surface area contributed by atoms with E-state index in [1.807, 2.05) is 25.3 Å². The van der Waals surface area contributed by atoms with Crippen molar-refractivity contribution in [3.8, 4) is 0 Å². The van der Waals surface area contributed by atoms with Crippen LogP contribution in [0.15, 0.2) is 42.6 Å². The highest BCUT2D eigenvalue weighted by Crippen LogP contribution is 2.22. The molecule has 0 saturated carbocycles. The molecule has 0 radical (unpaired) electrons. The molecular weight excluding hydrogens is 220 g/mol. The van der Waals surface area contributed by atoms with E-state index in [2.05, 4.69) is 43.1 Å². The predicted octanol–water partition coefficient (Wildman–Crippen LogP) is 3.56. The summed E-state index contributed by atoms with van der Waals surface area (Å²) in [6.07, 6.45) is 1.81. The van der Waals surface area contributed by atoms with Crippen LogP contribution < -0.4 is 5.73 Å². The van der Waals surface area contributed by atoms with Gasteiger partial charge in [-0.3, -0.25) is 4.98 Å². The molecule has 1 unspecified atom stereocenters.